The second kappa shape index (κ2) is 5.71. The Morgan fingerprint density at radius 3 is 2.65 bits per heavy atom. The Bertz CT molecular complexity index is 574. The van der Waals surface area contributed by atoms with Crippen molar-refractivity contribution >= 4 is 15.7 Å². The molecule has 1 aliphatic carbocycles. The largest absolute Gasteiger partial charge is 0.377 e. The SMILES string of the molecule is CC1CCCCC1(CN)Nc1ccccc1S(N)(=O)=O. The van der Waals surface area contributed by atoms with Crippen molar-refractivity contribution in [2.45, 2.75) is 43.0 Å². The third kappa shape index (κ3) is 2.97. The van der Waals surface area contributed by atoms with Gasteiger partial charge in [0.2, 0.25) is 10.0 Å². The second-order valence-electron chi connectivity index (χ2n) is 5.67. The minimum absolute atomic E-state index is 0.130. The van der Waals surface area contributed by atoms with Crippen LogP contribution in [0.2, 0.25) is 0 Å². The predicted octanol–water partition coefficient (Wildman–Crippen LogP) is 1.65. The van der Waals surface area contributed by atoms with Crippen LogP contribution in [0.3, 0.4) is 0 Å². The molecule has 1 aromatic rings. The molecule has 0 spiro atoms. The summed E-state index contributed by atoms with van der Waals surface area (Å²) in [7, 11) is -3.74. The van der Waals surface area contributed by atoms with Crippen LogP contribution in [0, 0.1) is 5.92 Å². The van der Waals surface area contributed by atoms with Crippen molar-refractivity contribution in [1.29, 1.82) is 0 Å². The van der Waals surface area contributed by atoms with Crippen molar-refractivity contribution in [2.75, 3.05) is 11.9 Å². The van der Waals surface area contributed by atoms with E-state index in [1.807, 2.05) is 0 Å². The van der Waals surface area contributed by atoms with E-state index in [4.69, 9.17) is 10.9 Å². The number of benzene rings is 1. The highest BCUT2D eigenvalue weighted by molar-refractivity contribution is 7.89. The van der Waals surface area contributed by atoms with Crippen LogP contribution in [0.5, 0.6) is 0 Å². The number of primary sulfonamides is 1. The van der Waals surface area contributed by atoms with Gasteiger partial charge in [-0.25, -0.2) is 13.6 Å². The zero-order valence-electron chi connectivity index (χ0n) is 11.8. The first-order chi connectivity index (χ1) is 9.39. The standard InChI is InChI=1S/C14H23N3O2S/c1-11-6-4-5-9-14(11,10-15)17-12-7-2-3-8-13(12)20(16,18)19/h2-3,7-8,11,17H,4-6,9-10,15H2,1H3,(H2,16,18,19). The Morgan fingerprint density at radius 1 is 1.35 bits per heavy atom. The van der Waals surface area contributed by atoms with Gasteiger partial charge in [-0.15, -0.1) is 0 Å². The molecule has 0 aliphatic heterocycles. The highest BCUT2D eigenvalue weighted by Gasteiger charge is 2.37. The third-order valence-corrected chi connectivity index (χ3v) is 5.36. The number of nitrogens with one attached hydrogen (secondary N) is 1. The van der Waals surface area contributed by atoms with Gasteiger partial charge in [0, 0.05) is 6.54 Å². The molecule has 6 heteroatoms. The highest BCUT2D eigenvalue weighted by atomic mass is 32.2. The predicted molar refractivity (Wildman–Crippen MR) is 80.9 cm³/mol. The topological polar surface area (TPSA) is 98.2 Å². The second-order valence-corrected chi connectivity index (χ2v) is 7.20. The van der Waals surface area contributed by atoms with Crippen molar-refractivity contribution in [3.63, 3.8) is 0 Å². The van der Waals surface area contributed by atoms with Gasteiger partial charge in [-0.1, -0.05) is 31.9 Å². The molecule has 112 valence electrons. The van der Waals surface area contributed by atoms with E-state index in [9.17, 15) is 8.42 Å². The van der Waals surface area contributed by atoms with Crippen molar-refractivity contribution in [2.24, 2.45) is 16.8 Å². The Balaban J connectivity index is 2.38. The zero-order chi connectivity index (χ0) is 14.8. The van der Waals surface area contributed by atoms with Crippen LogP contribution in [0.15, 0.2) is 29.2 Å². The van der Waals surface area contributed by atoms with Gasteiger partial charge in [0.15, 0.2) is 0 Å². The zero-order valence-corrected chi connectivity index (χ0v) is 12.6. The normalized spacial score (nSPS) is 27.2. The van der Waals surface area contributed by atoms with Gasteiger partial charge >= 0.3 is 0 Å². The van der Waals surface area contributed by atoms with Gasteiger partial charge in [-0.2, -0.15) is 0 Å². The lowest BCUT2D eigenvalue weighted by atomic mass is 9.73. The number of anilines is 1. The Labute approximate surface area is 120 Å². The van der Waals surface area contributed by atoms with Crippen LogP contribution >= 0.6 is 0 Å². The summed E-state index contributed by atoms with van der Waals surface area (Å²) in [6.07, 6.45) is 4.35. The molecule has 1 aliphatic rings. The molecule has 2 atom stereocenters. The van der Waals surface area contributed by atoms with Gasteiger partial charge < -0.3 is 11.1 Å². The molecule has 1 aromatic carbocycles. The van der Waals surface area contributed by atoms with Gasteiger partial charge in [-0.3, -0.25) is 0 Å². The molecular weight excluding hydrogens is 274 g/mol. The van der Waals surface area contributed by atoms with Crippen molar-refractivity contribution in [3.05, 3.63) is 24.3 Å². The van der Waals surface area contributed by atoms with Crippen molar-refractivity contribution in [3.8, 4) is 0 Å². The molecule has 0 saturated heterocycles. The number of para-hydroxylation sites is 1. The van der Waals surface area contributed by atoms with Gasteiger partial charge in [0.1, 0.15) is 4.90 Å². The quantitative estimate of drug-likeness (QED) is 0.787. The number of hydrogen-bond donors (Lipinski definition) is 3. The summed E-state index contributed by atoms with van der Waals surface area (Å²) in [6.45, 7) is 2.64. The summed E-state index contributed by atoms with van der Waals surface area (Å²) in [5, 5.41) is 8.67. The third-order valence-electron chi connectivity index (χ3n) is 4.39. The van der Waals surface area contributed by atoms with Crippen molar-refractivity contribution < 1.29 is 8.42 Å². The minimum atomic E-state index is -3.74. The Morgan fingerprint density at radius 2 is 2.05 bits per heavy atom. The molecule has 5 N–H and O–H groups in total. The van der Waals surface area contributed by atoms with Gasteiger partial charge in [0.05, 0.1) is 11.2 Å². The van der Waals surface area contributed by atoms with Crippen LogP contribution < -0.4 is 16.2 Å². The van der Waals surface area contributed by atoms with Gasteiger partial charge in [-0.05, 0) is 30.9 Å². The van der Waals surface area contributed by atoms with E-state index in [0.717, 1.165) is 19.3 Å². The van der Waals surface area contributed by atoms with E-state index in [-0.39, 0.29) is 10.4 Å². The summed E-state index contributed by atoms with van der Waals surface area (Å²) in [5.41, 5.74) is 6.29. The van der Waals surface area contributed by atoms with E-state index in [0.29, 0.717) is 18.2 Å². The molecular formula is C14H23N3O2S. The van der Waals surface area contributed by atoms with Crippen LogP contribution in [0.4, 0.5) is 5.69 Å². The number of nitrogens with two attached hydrogens (primary N) is 2. The summed E-state index contributed by atoms with van der Waals surface area (Å²) in [5.74, 6) is 0.398. The fourth-order valence-corrected chi connectivity index (χ4v) is 3.73. The molecule has 2 rings (SSSR count). The summed E-state index contributed by atoms with van der Waals surface area (Å²) in [6, 6.07) is 6.74. The summed E-state index contributed by atoms with van der Waals surface area (Å²) < 4.78 is 23.4. The van der Waals surface area contributed by atoms with Crippen molar-refractivity contribution in [1.82, 2.24) is 0 Å². The molecule has 2 unspecified atom stereocenters. The van der Waals surface area contributed by atoms with Crippen LogP contribution in [-0.4, -0.2) is 20.5 Å². The monoisotopic (exact) mass is 297 g/mol. The van der Waals surface area contributed by atoms with E-state index in [1.54, 1.807) is 18.2 Å². The number of hydrogen-bond acceptors (Lipinski definition) is 4. The lowest BCUT2D eigenvalue weighted by Crippen LogP contribution is -2.52. The maximum absolute atomic E-state index is 11.7. The summed E-state index contributed by atoms with van der Waals surface area (Å²) in [4.78, 5) is 0.130. The van der Waals surface area contributed by atoms with E-state index < -0.39 is 10.0 Å². The molecule has 1 saturated carbocycles. The smallest absolute Gasteiger partial charge is 0.240 e. The average molecular weight is 297 g/mol. The Hall–Kier alpha value is -1.11. The van der Waals surface area contributed by atoms with E-state index >= 15 is 0 Å². The molecule has 20 heavy (non-hydrogen) atoms. The van der Waals surface area contributed by atoms with E-state index in [1.165, 1.54) is 12.5 Å². The number of sulfonamides is 1. The first-order valence-electron chi connectivity index (χ1n) is 6.99. The molecule has 0 aromatic heterocycles. The minimum Gasteiger partial charge on any atom is -0.377 e. The Kier molecular flexibility index (Phi) is 4.36. The summed E-state index contributed by atoms with van der Waals surface area (Å²) >= 11 is 0. The maximum atomic E-state index is 11.7. The maximum Gasteiger partial charge on any atom is 0.240 e. The first-order valence-corrected chi connectivity index (χ1v) is 8.54. The fourth-order valence-electron chi connectivity index (χ4n) is 3.04. The molecule has 5 nitrogen and oxygen atoms in total. The van der Waals surface area contributed by atoms with Crippen LogP contribution in [-0.2, 0) is 10.0 Å². The highest BCUT2D eigenvalue weighted by Crippen LogP contribution is 2.37. The van der Waals surface area contributed by atoms with Gasteiger partial charge in [0.25, 0.3) is 0 Å². The number of rotatable bonds is 4. The lowest BCUT2D eigenvalue weighted by molar-refractivity contribution is 0.235. The molecule has 0 radical (unpaired) electrons. The van der Waals surface area contributed by atoms with Crippen LogP contribution in [0.1, 0.15) is 32.6 Å². The lowest BCUT2D eigenvalue weighted by Gasteiger charge is -2.43. The first kappa shape index (κ1) is 15.3. The molecule has 1 fully saturated rings. The average Bonchev–Trinajstić information content (AvgIpc) is 2.41. The van der Waals surface area contributed by atoms with E-state index in [2.05, 4.69) is 12.2 Å². The van der Waals surface area contributed by atoms with Crippen LogP contribution in [0.25, 0.3) is 0 Å². The molecule has 0 bridgehead atoms. The fraction of sp³-hybridized carbons (Fsp3) is 0.571. The molecule has 0 heterocycles. The molecule has 0 amide bonds.